The molecule has 1 aromatic heterocycles. The Morgan fingerprint density at radius 2 is 1.89 bits per heavy atom. The van der Waals surface area contributed by atoms with Crippen molar-refractivity contribution in [1.82, 2.24) is 9.88 Å². The van der Waals surface area contributed by atoms with Crippen LogP contribution in [0.4, 0.5) is 8.78 Å². The maximum atomic E-state index is 12.7. The van der Waals surface area contributed by atoms with Gasteiger partial charge >= 0.3 is 6.61 Å². The van der Waals surface area contributed by atoms with Crippen LogP contribution in [0.15, 0.2) is 42.5 Å². The van der Waals surface area contributed by atoms with Gasteiger partial charge in [-0.1, -0.05) is 11.6 Å². The van der Waals surface area contributed by atoms with Gasteiger partial charge in [0.25, 0.3) is 5.91 Å². The van der Waals surface area contributed by atoms with Gasteiger partial charge in [-0.3, -0.25) is 4.79 Å². The lowest BCUT2D eigenvalue weighted by molar-refractivity contribution is -0.0498. The van der Waals surface area contributed by atoms with Gasteiger partial charge in [-0.15, -0.1) is 11.3 Å². The van der Waals surface area contributed by atoms with E-state index in [2.05, 4.69) is 4.74 Å². The summed E-state index contributed by atoms with van der Waals surface area (Å²) in [4.78, 5) is 19.2. The van der Waals surface area contributed by atoms with Crippen molar-refractivity contribution < 1.29 is 18.3 Å². The third-order valence-corrected chi connectivity index (χ3v) is 6.26. The van der Waals surface area contributed by atoms with Crippen LogP contribution < -0.4 is 4.74 Å². The molecule has 146 valence electrons. The number of fused-ring (bicyclic) bond motifs is 1. The first-order valence-corrected chi connectivity index (χ1v) is 10.1. The van der Waals surface area contributed by atoms with Crippen molar-refractivity contribution >= 4 is 39.1 Å². The first kappa shape index (κ1) is 19.1. The van der Waals surface area contributed by atoms with Crippen molar-refractivity contribution in [1.29, 1.82) is 0 Å². The minimum Gasteiger partial charge on any atom is -0.435 e. The summed E-state index contributed by atoms with van der Waals surface area (Å²) < 4.78 is 29.9. The van der Waals surface area contributed by atoms with Crippen molar-refractivity contribution in [2.24, 2.45) is 0 Å². The Hall–Kier alpha value is -2.25. The molecule has 28 heavy (non-hydrogen) atoms. The largest absolute Gasteiger partial charge is 0.435 e. The average Bonchev–Trinajstić information content (AvgIpc) is 3.11. The molecule has 0 radical (unpaired) electrons. The first-order valence-electron chi connectivity index (χ1n) is 8.90. The van der Waals surface area contributed by atoms with Crippen LogP contribution in [0.3, 0.4) is 0 Å². The molecule has 1 amide bonds. The number of hydrogen-bond donors (Lipinski definition) is 0. The zero-order valence-electron chi connectivity index (χ0n) is 14.8. The number of aromatic nitrogens is 1. The number of nitrogens with zero attached hydrogens (tertiary/aromatic N) is 2. The summed E-state index contributed by atoms with van der Waals surface area (Å²) in [5.74, 6) is 0.265. The molecule has 1 saturated heterocycles. The number of piperidine rings is 1. The van der Waals surface area contributed by atoms with E-state index in [0.717, 1.165) is 28.1 Å². The molecule has 0 unspecified atom stereocenters. The van der Waals surface area contributed by atoms with Crippen LogP contribution in [-0.4, -0.2) is 35.5 Å². The summed E-state index contributed by atoms with van der Waals surface area (Å²) in [5.41, 5.74) is 1.38. The fraction of sp³-hybridized carbons (Fsp3) is 0.300. The zero-order valence-corrected chi connectivity index (χ0v) is 16.4. The number of thiazole rings is 1. The summed E-state index contributed by atoms with van der Waals surface area (Å²) in [6, 6.07) is 11.5. The molecule has 0 saturated carbocycles. The summed E-state index contributed by atoms with van der Waals surface area (Å²) in [6.45, 7) is -1.61. The summed E-state index contributed by atoms with van der Waals surface area (Å²) >= 11 is 7.71. The minimum absolute atomic E-state index is 0.0428. The van der Waals surface area contributed by atoms with Gasteiger partial charge in [0.15, 0.2) is 0 Å². The number of ether oxygens (including phenoxy) is 1. The second kappa shape index (κ2) is 8.01. The number of benzene rings is 2. The number of hydrogen-bond acceptors (Lipinski definition) is 4. The quantitative estimate of drug-likeness (QED) is 0.552. The Bertz CT molecular complexity index is 986. The fourth-order valence-electron chi connectivity index (χ4n) is 3.38. The van der Waals surface area contributed by atoms with E-state index in [0.29, 0.717) is 29.6 Å². The molecule has 1 aliphatic heterocycles. The number of amides is 1. The van der Waals surface area contributed by atoms with Crippen LogP contribution >= 0.6 is 22.9 Å². The van der Waals surface area contributed by atoms with Crippen molar-refractivity contribution in [2.75, 3.05) is 13.1 Å². The van der Waals surface area contributed by atoms with Crippen molar-refractivity contribution in [3.8, 4) is 5.75 Å². The number of rotatable bonds is 4. The number of likely N-dealkylation sites (tertiary alicyclic amines) is 1. The summed E-state index contributed by atoms with van der Waals surface area (Å²) in [5, 5.41) is 1.76. The SMILES string of the molecule is O=C(c1ccc(OC(F)F)cc1)N1CCC(c2nc3cc(Cl)ccc3s2)CC1. The Morgan fingerprint density at radius 3 is 2.57 bits per heavy atom. The van der Waals surface area contributed by atoms with Gasteiger partial charge in [-0.2, -0.15) is 8.78 Å². The molecular formula is C20H17ClF2N2O2S. The third kappa shape index (κ3) is 4.10. The van der Waals surface area contributed by atoms with E-state index in [1.165, 1.54) is 24.3 Å². The van der Waals surface area contributed by atoms with E-state index in [-0.39, 0.29) is 11.7 Å². The highest BCUT2D eigenvalue weighted by molar-refractivity contribution is 7.18. The molecule has 1 fully saturated rings. The highest BCUT2D eigenvalue weighted by Gasteiger charge is 2.26. The summed E-state index contributed by atoms with van der Waals surface area (Å²) in [6.07, 6.45) is 1.68. The van der Waals surface area contributed by atoms with Gasteiger partial charge in [-0.25, -0.2) is 4.98 Å². The van der Waals surface area contributed by atoms with E-state index in [9.17, 15) is 13.6 Å². The molecule has 4 nitrogen and oxygen atoms in total. The number of carbonyl (C=O) groups is 1. The Labute approximate surface area is 169 Å². The topological polar surface area (TPSA) is 42.4 Å². The van der Waals surface area contributed by atoms with Crippen molar-refractivity contribution in [3.63, 3.8) is 0 Å². The van der Waals surface area contributed by atoms with Gasteiger partial charge in [0.1, 0.15) is 5.75 Å². The zero-order chi connectivity index (χ0) is 19.7. The summed E-state index contributed by atoms with van der Waals surface area (Å²) in [7, 11) is 0. The Morgan fingerprint density at radius 1 is 1.18 bits per heavy atom. The van der Waals surface area contributed by atoms with E-state index in [1.807, 2.05) is 18.2 Å². The molecule has 3 aromatic rings. The smallest absolute Gasteiger partial charge is 0.387 e. The Kier molecular flexibility index (Phi) is 5.46. The molecule has 0 N–H and O–H groups in total. The molecule has 8 heteroatoms. The minimum atomic E-state index is -2.88. The number of alkyl halides is 2. The maximum Gasteiger partial charge on any atom is 0.387 e. The molecule has 2 heterocycles. The fourth-order valence-corrected chi connectivity index (χ4v) is 4.67. The highest BCUT2D eigenvalue weighted by Crippen LogP contribution is 2.35. The number of carbonyl (C=O) groups excluding carboxylic acids is 1. The van der Waals surface area contributed by atoms with E-state index < -0.39 is 6.61 Å². The lowest BCUT2D eigenvalue weighted by atomic mass is 9.97. The predicted octanol–water partition coefficient (Wildman–Crippen LogP) is 5.57. The molecule has 1 aliphatic rings. The molecular weight excluding hydrogens is 406 g/mol. The lowest BCUT2D eigenvalue weighted by Crippen LogP contribution is -2.37. The van der Waals surface area contributed by atoms with Crippen LogP contribution in [0.1, 0.15) is 34.1 Å². The van der Waals surface area contributed by atoms with Gasteiger partial charge in [0.2, 0.25) is 0 Å². The van der Waals surface area contributed by atoms with Crippen LogP contribution in [0.2, 0.25) is 5.02 Å². The van der Waals surface area contributed by atoms with Gasteiger partial charge in [-0.05, 0) is 55.3 Å². The normalized spacial score (nSPS) is 15.4. The van der Waals surface area contributed by atoms with Crippen molar-refractivity contribution in [2.45, 2.75) is 25.4 Å². The molecule has 0 bridgehead atoms. The molecule has 4 rings (SSSR count). The lowest BCUT2D eigenvalue weighted by Gasteiger charge is -2.31. The third-order valence-electron chi connectivity index (χ3n) is 4.82. The van der Waals surface area contributed by atoms with E-state index in [4.69, 9.17) is 16.6 Å². The molecule has 0 atom stereocenters. The molecule has 0 aliphatic carbocycles. The molecule has 2 aromatic carbocycles. The standard InChI is InChI=1S/C20H17ClF2N2O2S/c21-14-3-6-17-16(11-14)24-18(28-17)12-7-9-25(10-8-12)19(26)13-1-4-15(5-2-13)27-20(22)23/h1-6,11-12,20H,7-10H2. The average molecular weight is 423 g/mol. The van der Waals surface area contributed by atoms with Gasteiger partial charge < -0.3 is 9.64 Å². The predicted molar refractivity (Wildman–Crippen MR) is 106 cm³/mol. The van der Waals surface area contributed by atoms with E-state index >= 15 is 0 Å². The van der Waals surface area contributed by atoms with Gasteiger partial charge in [0, 0.05) is 29.6 Å². The van der Waals surface area contributed by atoms with Crippen LogP contribution in [0.5, 0.6) is 5.75 Å². The second-order valence-electron chi connectivity index (χ2n) is 6.63. The highest BCUT2D eigenvalue weighted by atomic mass is 35.5. The van der Waals surface area contributed by atoms with Gasteiger partial charge in [0.05, 0.1) is 15.2 Å². The Balaban J connectivity index is 1.39. The first-order chi connectivity index (χ1) is 13.5. The maximum absolute atomic E-state index is 12.7. The van der Waals surface area contributed by atoms with Crippen LogP contribution in [0.25, 0.3) is 10.2 Å². The van der Waals surface area contributed by atoms with Crippen molar-refractivity contribution in [3.05, 3.63) is 58.1 Å². The number of halogens is 3. The van der Waals surface area contributed by atoms with E-state index in [1.54, 1.807) is 16.2 Å². The molecule has 0 spiro atoms. The monoisotopic (exact) mass is 422 g/mol. The second-order valence-corrected chi connectivity index (χ2v) is 8.13. The van der Waals surface area contributed by atoms with Crippen LogP contribution in [-0.2, 0) is 0 Å². The van der Waals surface area contributed by atoms with Crippen LogP contribution in [0, 0.1) is 0 Å².